The molecule has 145 valence electrons. The topological polar surface area (TPSA) is 9.23 Å². The average Bonchev–Trinajstić information content (AvgIpc) is 3.00. The molecule has 2 rings (SSSR count). The fourth-order valence-electron chi connectivity index (χ4n) is 3.88. The van der Waals surface area contributed by atoms with Crippen molar-refractivity contribution in [3.63, 3.8) is 0 Å². The zero-order valence-electron chi connectivity index (χ0n) is 17.3. The zero-order valence-corrected chi connectivity index (χ0v) is 20.4. The molecule has 2 aliphatic carbocycles. The maximum Gasteiger partial charge on any atom is 3.00 e. The molecule has 0 heterocycles. The summed E-state index contributed by atoms with van der Waals surface area (Å²) in [6.07, 6.45) is 15.6. The van der Waals surface area contributed by atoms with E-state index in [9.17, 15) is 0 Å². The first-order valence-electron chi connectivity index (χ1n) is 8.96. The fraction of sp³-hybridized carbons (Fsp3) is 0.636. The van der Waals surface area contributed by atoms with Crippen LogP contribution in [0, 0.1) is 16.9 Å². The van der Waals surface area contributed by atoms with Gasteiger partial charge in [-0.3, -0.25) is 6.08 Å². The van der Waals surface area contributed by atoms with Crippen molar-refractivity contribution in [3.8, 4) is 0 Å². The number of rotatable bonds is 5. The molecule has 0 aliphatic heterocycles. The van der Waals surface area contributed by atoms with Crippen LogP contribution < -0.4 is 24.8 Å². The second-order valence-corrected chi connectivity index (χ2v) is 8.46. The number of hydrogen-bond acceptors (Lipinski definition) is 1. The average molecular weight is 432 g/mol. The van der Waals surface area contributed by atoms with Gasteiger partial charge in [-0.1, -0.05) is 59.3 Å². The third-order valence-electron chi connectivity index (χ3n) is 5.26. The largest absolute Gasteiger partial charge is 3.00 e. The van der Waals surface area contributed by atoms with Crippen molar-refractivity contribution < 1.29 is 51.3 Å². The Kier molecular flexibility index (Phi) is 11.7. The smallest absolute Gasteiger partial charge is 1.00 e. The van der Waals surface area contributed by atoms with Crippen molar-refractivity contribution in [2.24, 2.45) is 10.8 Å². The van der Waals surface area contributed by atoms with Crippen LogP contribution in [0.5, 0.6) is 0 Å². The Balaban J connectivity index is 0. The van der Waals surface area contributed by atoms with Gasteiger partial charge in [-0.15, -0.1) is 6.42 Å². The number of hydrogen-bond donors (Lipinski definition) is 0. The van der Waals surface area contributed by atoms with E-state index in [1.54, 1.807) is 0 Å². The van der Waals surface area contributed by atoms with Gasteiger partial charge < -0.3 is 29.6 Å². The van der Waals surface area contributed by atoms with Crippen molar-refractivity contribution in [2.45, 2.75) is 73.3 Å². The molecule has 0 N–H and O–H groups in total. The van der Waals surface area contributed by atoms with Gasteiger partial charge in [0, 0.05) is 6.61 Å². The molecule has 0 saturated heterocycles. The summed E-state index contributed by atoms with van der Waals surface area (Å²) >= 11 is 0. The van der Waals surface area contributed by atoms with Crippen LogP contribution in [0.3, 0.4) is 0 Å². The SMILES string of the molecule is CCCOC1(C(C)(C)C2=[C-]CC=C2)CC=C(C)C=C1C(C)(C)C.[Cl-].[Cl-].[Ti+3]. The fourth-order valence-corrected chi connectivity index (χ4v) is 3.88. The molecule has 0 aromatic heterocycles. The summed E-state index contributed by atoms with van der Waals surface area (Å²) in [5.41, 5.74) is 3.73. The molecule has 2 aliphatic rings. The number of ether oxygens (including phenoxy) is 1. The summed E-state index contributed by atoms with van der Waals surface area (Å²) in [7, 11) is 0. The van der Waals surface area contributed by atoms with Crippen LogP contribution >= 0.6 is 0 Å². The van der Waals surface area contributed by atoms with Gasteiger partial charge in [-0.05, 0) is 36.2 Å². The molecule has 0 aromatic carbocycles. The van der Waals surface area contributed by atoms with E-state index in [4.69, 9.17) is 4.74 Å². The minimum absolute atomic E-state index is 0. The Morgan fingerprint density at radius 3 is 2.23 bits per heavy atom. The normalized spacial score (nSPS) is 22.3. The summed E-state index contributed by atoms with van der Waals surface area (Å²) in [6.45, 7) is 16.7. The van der Waals surface area contributed by atoms with Gasteiger partial charge in [0.1, 0.15) is 0 Å². The van der Waals surface area contributed by atoms with E-state index in [0.717, 1.165) is 25.9 Å². The van der Waals surface area contributed by atoms with Crippen LogP contribution in [-0.4, -0.2) is 12.2 Å². The first kappa shape index (κ1) is 28.4. The van der Waals surface area contributed by atoms with E-state index < -0.39 is 0 Å². The molecular formula is C22H33Cl2OTi. The molecule has 1 atom stereocenters. The second-order valence-electron chi connectivity index (χ2n) is 8.46. The quantitative estimate of drug-likeness (QED) is 0.446. The van der Waals surface area contributed by atoms with Gasteiger partial charge in [0.15, 0.2) is 0 Å². The molecule has 4 heteroatoms. The van der Waals surface area contributed by atoms with Gasteiger partial charge in [0.25, 0.3) is 0 Å². The molecule has 1 radical (unpaired) electrons. The summed E-state index contributed by atoms with van der Waals surface area (Å²) in [5.74, 6) is 0. The van der Waals surface area contributed by atoms with Crippen molar-refractivity contribution in [1.82, 2.24) is 0 Å². The summed E-state index contributed by atoms with van der Waals surface area (Å²) in [6, 6.07) is 0. The van der Waals surface area contributed by atoms with Crippen molar-refractivity contribution in [1.29, 1.82) is 0 Å². The predicted molar refractivity (Wildman–Crippen MR) is 99.2 cm³/mol. The maximum atomic E-state index is 6.68. The van der Waals surface area contributed by atoms with Crippen LogP contribution in [0.1, 0.15) is 67.7 Å². The second kappa shape index (κ2) is 10.7. The Morgan fingerprint density at radius 2 is 1.77 bits per heavy atom. The van der Waals surface area contributed by atoms with Gasteiger partial charge >= 0.3 is 21.7 Å². The molecule has 0 amide bonds. The third kappa shape index (κ3) is 5.39. The molecule has 0 spiro atoms. The minimum atomic E-state index is -0.294. The molecule has 0 saturated carbocycles. The van der Waals surface area contributed by atoms with Crippen LogP contribution in [0.15, 0.2) is 41.0 Å². The standard InChI is InChI=1S/C22H33O.2ClH.Ti/c1-8-15-23-22(21(6,7)18-11-9-10-12-18)14-13-17(2)16-19(22)20(3,4)5;;;/h9,11,13,16H,8,10,14-15H2,1-7H3;2*1H;/q-1;;;+3/p-2. The molecule has 0 bridgehead atoms. The monoisotopic (exact) mass is 431 g/mol. The van der Waals surface area contributed by atoms with E-state index in [2.05, 4.69) is 78.8 Å². The van der Waals surface area contributed by atoms with Crippen LogP contribution in [0.25, 0.3) is 0 Å². The van der Waals surface area contributed by atoms with E-state index in [-0.39, 0.29) is 63.0 Å². The van der Waals surface area contributed by atoms with Crippen molar-refractivity contribution >= 4 is 0 Å². The zero-order chi connectivity index (χ0) is 17.3. The Morgan fingerprint density at radius 1 is 1.15 bits per heavy atom. The summed E-state index contributed by atoms with van der Waals surface area (Å²) < 4.78 is 6.68. The number of halogens is 2. The Bertz CT molecular complexity index is 579. The molecule has 1 unspecified atom stereocenters. The third-order valence-corrected chi connectivity index (χ3v) is 5.26. The van der Waals surface area contributed by atoms with E-state index in [1.165, 1.54) is 16.7 Å². The summed E-state index contributed by atoms with van der Waals surface area (Å²) in [4.78, 5) is 0. The first-order chi connectivity index (χ1) is 10.6. The molecule has 0 fully saturated rings. The minimum Gasteiger partial charge on any atom is -1.00 e. The van der Waals surface area contributed by atoms with E-state index in [0.29, 0.717) is 0 Å². The Labute approximate surface area is 188 Å². The molecule has 26 heavy (non-hydrogen) atoms. The van der Waals surface area contributed by atoms with Crippen molar-refractivity contribution in [3.05, 3.63) is 47.1 Å². The van der Waals surface area contributed by atoms with Crippen molar-refractivity contribution in [2.75, 3.05) is 6.61 Å². The van der Waals surface area contributed by atoms with E-state index in [1.807, 2.05) is 0 Å². The van der Waals surface area contributed by atoms with E-state index >= 15 is 0 Å². The van der Waals surface area contributed by atoms with Gasteiger partial charge in [0.05, 0.1) is 5.60 Å². The van der Waals surface area contributed by atoms with Gasteiger partial charge in [-0.25, -0.2) is 11.6 Å². The van der Waals surface area contributed by atoms with Gasteiger partial charge in [-0.2, -0.15) is 6.08 Å². The van der Waals surface area contributed by atoms with Crippen LogP contribution in [0.4, 0.5) is 0 Å². The molecule has 0 aromatic rings. The molecule has 1 nitrogen and oxygen atoms in total. The maximum absolute atomic E-state index is 6.68. The van der Waals surface area contributed by atoms with Crippen LogP contribution in [0.2, 0.25) is 0 Å². The predicted octanol–water partition coefficient (Wildman–Crippen LogP) is 0.195. The van der Waals surface area contributed by atoms with Crippen LogP contribution in [-0.2, 0) is 26.5 Å². The summed E-state index contributed by atoms with van der Waals surface area (Å²) in [5, 5.41) is 0. The van der Waals surface area contributed by atoms with Gasteiger partial charge in [0.2, 0.25) is 0 Å². The first-order valence-corrected chi connectivity index (χ1v) is 8.96. The molecular weight excluding hydrogens is 399 g/mol. The number of allylic oxidation sites excluding steroid dienone is 5. The Hall–Kier alpha value is 0.214.